The van der Waals surface area contributed by atoms with Crippen LogP contribution in [0.25, 0.3) is 5.65 Å². The molecule has 2 N–H and O–H groups in total. The summed E-state index contributed by atoms with van der Waals surface area (Å²) in [6, 6.07) is 5.15. The Kier molecular flexibility index (Phi) is 2.72. The summed E-state index contributed by atoms with van der Waals surface area (Å²) >= 11 is 6.06. The Labute approximate surface area is 113 Å². The van der Waals surface area contributed by atoms with Crippen molar-refractivity contribution in [3.05, 3.63) is 41.4 Å². The van der Waals surface area contributed by atoms with Gasteiger partial charge in [0.15, 0.2) is 5.75 Å². The molecule has 0 radical (unpaired) electrons. The van der Waals surface area contributed by atoms with E-state index < -0.39 is 0 Å². The number of nitrogens with two attached hydrogens (primary N) is 1. The van der Waals surface area contributed by atoms with Gasteiger partial charge in [-0.25, -0.2) is 4.98 Å². The number of nitrogens with zero attached hydrogens (tertiary/aromatic N) is 4. The average Bonchev–Trinajstić information content (AvgIpc) is 2.77. The fourth-order valence-electron chi connectivity index (χ4n) is 1.72. The van der Waals surface area contributed by atoms with Crippen LogP contribution >= 0.6 is 11.6 Å². The Morgan fingerprint density at radius 2 is 2.16 bits per heavy atom. The molecular weight excluding hydrogens is 266 g/mol. The monoisotopic (exact) mass is 275 g/mol. The lowest BCUT2D eigenvalue weighted by molar-refractivity contribution is 0.467. The van der Waals surface area contributed by atoms with Crippen LogP contribution in [0.5, 0.6) is 11.6 Å². The molecule has 0 aliphatic carbocycles. The van der Waals surface area contributed by atoms with Gasteiger partial charge in [0.2, 0.25) is 5.65 Å². The minimum absolute atomic E-state index is 0.308. The fourth-order valence-corrected chi connectivity index (χ4v) is 1.94. The molecule has 0 saturated carbocycles. The molecule has 0 bridgehead atoms. The summed E-state index contributed by atoms with van der Waals surface area (Å²) in [5, 5.41) is 8.40. The summed E-state index contributed by atoms with van der Waals surface area (Å²) in [5.41, 5.74) is 6.79. The maximum atomic E-state index is 6.06. The summed E-state index contributed by atoms with van der Waals surface area (Å²) in [6.07, 6.45) is 3.36. The van der Waals surface area contributed by atoms with Gasteiger partial charge in [-0.2, -0.15) is 0 Å². The number of hydrogen-bond donors (Lipinski definition) is 1. The molecule has 3 aromatic rings. The zero-order chi connectivity index (χ0) is 13.4. The third-order valence-electron chi connectivity index (χ3n) is 2.66. The van der Waals surface area contributed by atoms with Gasteiger partial charge >= 0.3 is 0 Å². The minimum atomic E-state index is 0.308. The van der Waals surface area contributed by atoms with E-state index in [0.717, 1.165) is 5.82 Å². The lowest BCUT2D eigenvalue weighted by Crippen LogP contribution is -1.97. The van der Waals surface area contributed by atoms with Crippen molar-refractivity contribution in [2.24, 2.45) is 0 Å². The number of aromatic nitrogens is 4. The molecule has 96 valence electrons. The van der Waals surface area contributed by atoms with Gasteiger partial charge in [-0.3, -0.25) is 4.40 Å². The normalized spacial score (nSPS) is 10.8. The number of hydrogen-bond acceptors (Lipinski definition) is 5. The zero-order valence-corrected chi connectivity index (χ0v) is 10.8. The largest absolute Gasteiger partial charge is 0.432 e. The molecule has 1 aromatic carbocycles. The average molecular weight is 276 g/mol. The van der Waals surface area contributed by atoms with E-state index in [0.29, 0.717) is 28.0 Å². The molecular formula is C12H10ClN5O. The third-order valence-corrected chi connectivity index (χ3v) is 2.96. The summed E-state index contributed by atoms with van der Waals surface area (Å²) < 4.78 is 7.45. The summed E-state index contributed by atoms with van der Waals surface area (Å²) in [5.74, 6) is 1.42. The molecule has 0 aliphatic heterocycles. The first-order valence-corrected chi connectivity index (χ1v) is 5.93. The van der Waals surface area contributed by atoms with Crippen molar-refractivity contribution in [3.63, 3.8) is 0 Å². The van der Waals surface area contributed by atoms with E-state index in [1.807, 2.05) is 6.92 Å². The van der Waals surface area contributed by atoms with Gasteiger partial charge in [-0.1, -0.05) is 17.7 Å². The van der Waals surface area contributed by atoms with Crippen molar-refractivity contribution in [3.8, 4) is 11.6 Å². The first-order chi connectivity index (χ1) is 9.16. The second-order valence-corrected chi connectivity index (χ2v) is 4.34. The van der Waals surface area contributed by atoms with E-state index in [2.05, 4.69) is 15.2 Å². The first-order valence-electron chi connectivity index (χ1n) is 5.55. The predicted octanol–water partition coefficient (Wildman–Crippen LogP) is 2.46. The highest BCUT2D eigenvalue weighted by molar-refractivity contribution is 6.32. The van der Waals surface area contributed by atoms with Gasteiger partial charge in [-0.15, -0.1) is 10.2 Å². The molecule has 2 aromatic heterocycles. The van der Waals surface area contributed by atoms with Crippen molar-refractivity contribution in [1.29, 1.82) is 0 Å². The lowest BCUT2D eigenvalue weighted by atomic mass is 10.3. The molecule has 0 atom stereocenters. The van der Waals surface area contributed by atoms with Crippen molar-refractivity contribution in [2.75, 3.05) is 5.73 Å². The molecule has 2 heterocycles. The molecule has 3 rings (SSSR count). The van der Waals surface area contributed by atoms with Gasteiger partial charge in [0, 0.05) is 12.4 Å². The van der Waals surface area contributed by atoms with Crippen LogP contribution in [0, 0.1) is 6.92 Å². The van der Waals surface area contributed by atoms with E-state index in [1.54, 1.807) is 35.0 Å². The third kappa shape index (κ3) is 1.96. The first kappa shape index (κ1) is 11.7. The minimum Gasteiger partial charge on any atom is -0.432 e. The van der Waals surface area contributed by atoms with Gasteiger partial charge in [0.05, 0.1) is 10.7 Å². The number of rotatable bonds is 2. The second kappa shape index (κ2) is 4.40. The number of nitrogen functional groups attached to an aromatic ring is 1. The molecule has 0 aliphatic rings. The lowest BCUT2D eigenvalue weighted by Gasteiger charge is -2.09. The summed E-state index contributed by atoms with van der Waals surface area (Å²) in [7, 11) is 0. The summed E-state index contributed by atoms with van der Waals surface area (Å²) in [4.78, 5) is 4.14. The maximum absolute atomic E-state index is 6.06. The summed E-state index contributed by atoms with van der Waals surface area (Å²) in [6.45, 7) is 1.84. The van der Waals surface area contributed by atoms with Crippen molar-refractivity contribution < 1.29 is 4.74 Å². The highest BCUT2D eigenvalue weighted by Gasteiger charge is 2.13. The highest BCUT2D eigenvalue weighted by Crippen LogP contribution is 2.34. The molecule has 6 nitrogen and oxygen atoms in total. The van der Waals surface area contributed by atoms with E-state index in [9.17, 15) is 0 Å². The van der Waals surface area contributed by atoms with Gasteiger partial charge < -0.3 is 10.5 Å². The number of para-hydroxylation sites is 1. The molecule has 0 spiro atoms. The van der Waals surface area contributed by atoms with Crippen LogP contribution in [0.1, 0.15) is 5.82 Å². The topological polar surface area (TPSA) is 78.3 Å². The van der Waals surface area contributed by atoms with Crippen molar-refractivity contribution >= 4 is 22.9 Å². The maximum Gasteiger partial charge on any atom is 0.265 e. The Hall–Kier alpha value is -2.34. The number of ether oxygens (including phenoxy) is 1. The van der Waals surface area contributed by atoms with E-state index in [4.69, 9.17) is 22.1 Å². The zero-order valence-electron chi connectivity index (χ0n) is 10.0. The SMILES string of the molecule is Cc1nnc2c(Oc3c(N)cccc3Cl)nccn12. The van der Waals surface area contributed by atoms with Crippen LogP contribution in [0.2, 0.25) is 5.02 Å². The quantitative estimate of drug-likeness (QED) is 0.727. The van der Waals surface area contributed by atoms with Gasteiger partial charge in [0.25, 0.3) is 5.88 Å². The molecule has 0 amide bonds. The molecule has 0 fully saturated rings. The number of anilines is 1. The number of aryl methyl sites for hydroxylation is 1. The second-order valence-electron chi connectivity index (χ2n) is 3.93. The van der Waals surface area contributed by atoms with E-state index in [1.165, 1.54) is 0 Å². The van der Waals surface area contributed by atoms with Crippen LogP contribution in [0.4, 0.5) is 5.69 Å². The number of halogens is 1. The standard InChI is InChI=1S/C12H10ClN5O/c1-7-16-17-11-12(15-5-6-18(7)11)19-10-8(13)3-2-4-9(10)14/h2-6H,14H2,1H3. The Morgan fingerprint density at radius 3 is 2.95 bits per heavy atom. The van der Waals surface area contributed by atoms with Crippen LogP contribution in [-0.2, 0) is 0 Å². The molecule has 7 heteroatoms. The van der Waals surface area contributed by atoms with Gasteiger partial charge in [-0.05, 0) is 19.1 Å². The van der Waals surface area contributed by atoms with Crippen molar-refractivity contribution in [2.45, 2.75) is 6.92 Å². The molecule has 19 heavy (non-hydrogen) atoms. The number of benzene rings is 1. The van der Waals surface area contributed by atoms with Crippen LogP contribution in [0.3, 0.4) is 0 Å². The molecule has 0 saturated heterocycles. The van der Waals surface area contributed by atoms with Crippen molar-refractivity contribution in [1.82, 2.24) is 19.6 Å². The molecule has 0 unspecified atom stereocenters. The Bertz CT molecular complexity index is 735. The van der Waals surface area contributed by atoms with Crippen LogP contribution in [0.15, 0.2) is 30.6 Å². The fraction of sp³-hybridized carbons (Fsp3) is 0.0833. The Morgan fingerprint density at radius 1 is 1.32 bits per heavy atom. The smallest absolute Gasteiger partial charge is 0.265 e. The van der Waals surface area contributed by atoms with Crippen LogP contribution in [-0.4, -0.2) is 19.6 Å². The van der Waals surface area contributed by atoms with Gasteiger partial charge in [0.1, 0.15) is 5.82 Å². The van der Waals surface area contributed by atoms with E-state index in [-0.39, 0.29) is 0 Å². The predicted molar refractivity (Wildman–Crippen MR) is 71.5 cm³/mol. The van der Waals surface area contributed by atoms with Crippen LogP contribution < -0.4 is 10.5 Å². The highest BCUT2D eigenvalue weighted by atomic mass is 35.5. The Balaban J connectivity index is 2.11. The number of fused-ring (bicyclic) bond motifs is 1. The van der Waals surface area contributed by atoms with E-state index >= 15 is 0 Å².